The van der Waals surface area contributed by atoms with Crippen molar-refractivity contribution in [3.63, 3.8) is 0 Å². The summed E-state index contributed by atoms with van der Waals surface area (Å²) in [6.45, 7) is 0. The van der Waals surface area contributed by atoms with Crippen LogP contribution >= 0.6 is 11.3 Å². The average Bonchev–Trinajstić information content (AvgIpc) is 3.28. The zero-order chi connectivity index (χ0) is 18.2. The fraction of sp³-hybridized carbons (Fsp3) is 0.353. The van der Waals surface area contributed by atoms with Crippen molar-refractivity contribution in [2.45, 2.75) is 12.8 Å². The molecular formula is C17H11F3N2O3S. The molecule has 2 amide bonds. The third-order valence-corrected chi connectivity index (χ3v) is 6.25. The summed E-state index contributed by atoms with van der Waals surface area (Å²) in [6.07, 6.45) is 0.0453. The van der Waals surface area contributed by atoms with Gasteiger partial charge in [0.25, 0.3) is 0 Å². The number of aromatic nitrogens is 1. The topological polar surface area (TPSA) is 59.5 Å². The summed E-state index contributed by atoms with van der Waals surface area (Å²) in [6, 6.07) is 3.75. The van der Waals surface area contributed by atoms with Crippen molar-refractivity contribution < 1.29 is 27.5 Å². The van der Waals surface area contributed by atoms with Crippen LogP contribution in [-0.4, -0.2) is 23.2 Å². The van der Waals surface area contributed by atoms with Crippen molar-refractivity contribution >= 4 is 38.5 Å². The summed E-state index contributed by atoms with van der Waals surface area (Å²) in [7, 11) is 0. The van der Waals surface area contributed by atoms with Crippen molar-refractivity contribution in [2.75, 3.05) is 4.90 Å². The van der Waals surface area contributed by atoms with Crippen LogP contribution in [0.25, 0.3) is 10.2 Å². The highest BCUT2D eigenvalue weighted by molar-refractivity contribution is 7.22. The summed E-state index contributed by atoms with van der Waals surface area (Å²) >= 11 is 1.01. The van der Waals surface area contributed by atoms with Crippen LogP contribution in [0.1, 0.15) is 6.42 Å². The van der Waals surface area contributed by atoms with Gasteiger partial charge in [-0.2, -0.15) is 0 Å². The average molecular weight is 380 g/mol. The van der Waals surface area contributed by atoms with Crippen LogP contribution in [0.4, 0.5) is 18.3 Å². The minimum absolute atomic E-state index is 0.0904. The number of alkyl halides is 3. The normalized spacial score (nSPS) is 29.9. The van der Waals surface area contributed by atoms with Crippen LogP contribution in [0.2, 0.25) is 0 Å². The molecule has 1 aromatic carbocycles. The predicted octanol–water partition coefficient (Wildman–Crippen LogP) is 3.51. The number of carbonyl (C=O) groups excluding carboxylic acids is 2. The van der Waals surface area contributed by atoms with Crippen LogP contribution in [0, 0.1) is 23.7 Å². The number of amides is 2. The van der Waals surface area contributed by atoms with Crippen molar-refractivity contribution in [3.8, 4) is 5.75 Å². The van der Waals surface area contributed by atoms with Crippen LogP contribution < -0.4 is 9.64 Å². The molecule has 2 heterocycles. The fourth-order valence-electron chi connectivity index (χ4n) is 4.28. The van der Waals surface area contributed by atoms with E-state index in [-0.39, 0.29) is 46.4 Å². The minimum Gasteiger partial charge on any atom is -0.406 e. The van der Waals surface area contributed by atoms with Gasteiger partial charge in [-0.15, -0.1) is 13.2 Å². The molecule has 3 aliphatic rings. The largest absolute Gasteiger partial charge is 0.573 e. The van der Waals surface area contributed by atoms with E-state index in [9.17, 15) is 22.8 Å². The molecule has 26 heavy (non-hydrogen) atoms. The van der Waals surface area contributed by atoms with Gasteiger partial charge in [0.15, 0.2) is 5.13 Å². The smallest absolute Gasteiger partial charge is 0.406 e. The summed E-state index contributed by atoms with van der Waals surface area (Å²) < 4.78 is 41.4. The molecule has 1 saturated heterocycles. The Morgan fingerprint density at radius 2 is 1.77 bits per heavy atom. The number of allylic oxidation sites excluding steroid dienone is 2. The second-order valence-electron chi connectivity index (χ2n) is 6.69. The Morgan fingerprint density at radius 1 is 1.12 bits per heavy atom. The lowest BCUT2D eigenvalue weighted by atomic mass is 9.85. The molecule has 1 aliphatic heterocycles. The summed E-state index contributed by atoms with van der Waals surface area (Å²) in [5.74, 6) is -1.38. The molecule has 0 spiro atoms. The second kappa shape index (κ2) is 5.06. The number of rotatable bonds is 2. The zero-order valence-corrected chi connectivity index (χ0v) is 13.9. The quantitative estimate of drug-likeness (QED) is 0.591. The number of anilines is 1. The first kappa shape index (κ1) is 15.8. The van der Waals surface area contributed by atoms with Crippen LogP contribution in [0.5, 0.6) is 5.75 Å². The molecule has 134 valence electrons. The number of hydrogen-bond donors (Lipinski definition) is 0. The van der Waals surface area contributed by atoms with Crippen LogP contribution in [0.3, 0.4) is 0 Å². The van der Waals surface area contributed by atoms with Gasteiger partial charge in [0, 0.05) is 6.07 Å². The Hall–Kier alpha value is -2.42. The number of ether oxygens (including phenoxy) is 1. The van der Waals surface area contributed by atoms with E-state index in [1.807, 2.05) is 12.2 Å². The number of thiazole rings is 1. The highest BCUT2D eigenvalue weighted by Gasteiger charge is 2.60. The van der Waals surface area contributed by atoms with E-state index in [1.54, 1.807) is 0 Å². The number of benzene rings is 1. The number of fused-ring (bicyclic) bond motifs is 6. The lowest BCUT2D eigenvalue weighted by molar-refractivity contribution is -0.274. The maximum Gasteiger partial charge on any atom is 0.573 e. The number of halogens is 3. The zero-order valence-electron chi connectivity index (χ0n) is 13.1. The molecule has 5 nitrogen and oxygen atoms in total. The third kappa shape index (κ3) is 2.19. The molecule has 9 heteroatoms. The lowest BCUT2D eigenvalue weighted by Gasteiger charge is -2.14. The van der Waals surface area contributed by atoms with Gasteiger partial charge < -0.3 is 4.74 Å². The summed E-state index contributed by atoms with van der Waals surface area (Å²) in [5, 5.41) is 0.202. The van der Waals surface area contributed by atoms with Crippen LogP contribution in [-0.2, 0) is 9.59 Å². The van der Waals surface area contributed by atoms with E-state index >= 15 is 0 Å². The van der Waals surface area contributed by atoms with E-state index in [0.29, 0.717) is 10.2 Å². The first-order chi connectivity index (χ1) is 12.3. The van der Waals surface area contributed by atoms with Gasteiger partial charge in [0.2, 0.25) is 11.8 Å². The molecule has 0 unspecified atom stereocenters. The van der Waals surface area contributed by atoms with Gasteiger partial charge in [-0.1, -0.05) is 23.5 Å². The number of imide groups is 1. The second-order valence-corrected chi connectivity index (χ2v) is 7.69. The Kier molecular flexibility index (Phi) is 3.08. The van der Waals surface area contributed by atoms with Gasteiger partial charge in [-0.05, 0) is 30.4 Å². The molecule has 5 rings (SSSR count). The highest BCUT2D eigenvalue weighted by atomic mass is 32.1. The molecule has 4 atom stereocenters. The molecule has 2 aromatic rings. The maximum atomic E-state index is 12.8. The monoisotopic (exact) mass is 380 g/mol. The summed E-state index contributed by atoms with van der Waals surface area (Å²) in [4.78, 5) is 31.0. The number of hydrogen-bond acceptors (Lipinski definition) is 5. The van der Waals surface area contributed by atoms with Gasteiger partial charge in [0.1, 0.15) is 5.75 Å². The molecule has 0 radical (unpaired) electrons. The van der Waals surface area contributed by atoms with E-state index in [4.69, 9.17) is 0 Å². The van der Waals surface area contributed by atoms with E-state index < -0.39 is 6.36 Å². The van der Waals surface area contributed by atoms with Gasteiger partial charge >= 0.3 is 6.36 Å². The van der Waals surface area contributed by atoms with Crippen molar-refractivity contribution in [1.29, 1.82) is 0 Å². The molecule has 2 bridgehead atoms. The Labute approximate surface area is 149 Å². The summed E-state index contributed by atoms with van der Waals surface area (Å²) in [5.41, 5.74) is 0.415. The first-order valence-electron chi connectivity index (χ1n) is 8.04. The molecule has 2 fully saturated rings. The Bertz CT molecular complexity index is 953. The van der Waals surface area contributed by atoms with E-state index in [0.717, 1.165) is 28.7 Å². The maximum absolute atomic E-state index is 12.8. The Balaban J connectivity index is 1.50. The number of carbonyl (C=O) groups is 2. The first-order valence-corrected chi connectivity index (χ1v) is 8.86. The molecule has 2 aliphatic carbocycles. The van der Waals surface area contributed by atoms with Gasteiger partial charge in [0.05, 0.1) is 22.1 Å². The van der Waals surface area contributed by atoms with Crippen molar-refractivity contribution in [3.05, 3.63) is 30.4 Å². The minimum atomic E-state index is -4.79. The van der Waals surface area contributed by atoms with Gasteiger partial charge in [-0.25, -0.2) is 9.88 Å². The van der Waals surface area contributed by atoms with E-state index in [2.05, 4.69) is 9.72 Å². The highest BCUT2D eigenvalue weighted by Crippen LogP contribution is 2.53. The predicted molar refractivity (Wildman–Crippen MR) is 86.5 cm³/mol. The molecule has 0 N–H and O–H groups in total. The van der Waals surface area contributed by atoms with Crippen molar-refractivity contribution in [2.24, 2.45) is 23.7 Å². The van der Waals surface area contributed by atoms with Crippen molar-refractivity contribution in [1.82, 2.24) is 4.98 Å². The molecule has 1 saturated carbocycles. The lowest BCUT2D eigenvalue weighted by Crippen LogP contribution is -2.32. The molecule has 1 aromatic heterocycles. The third-order valence-electron chi connectivity index (χ3n) is 5.24. The SMILES string of the molecule is O=C1[C@@H]2[C@H](C(=O)N1c1nc3ccc(OC(F)(F)F)cc3s1)[C@@H]1C=C[C@H]2C1. The van der Waals surface area contributed by atoms with Gasteiger partial charge in [-0.3, -0.25) is 9.59 Å². The number of nitrogens with zero attached hydrogens (tertiary/aromatic N) is 2. The fourth-order valence-corrected chi connectivity index (χ4v) is 5.28. The van der Waals surface area contributed by atoms with E-state index in [1.165, 1.54) is 12.1 Å². The van der Waals surface area contributed by atoms with Crippen LogP contribution in [0.15, 0.2) is 30.4 Å². The Morgan fingerprint density at radius 3 is 2.38 bits per heavy atom. The molecular weight excluding hydrogens is 369 g/mol. The standard InChI is InChI=1S/C17H11F3N2O3S/c18-17(19,20)25-9-3-4-10-11(6-9)26-16(21-10)22-14(23)12-7-1-2-8(5-7)13(12)15(22)24/h1-4,6-8,12-13H,5H2/t7-,8+,12-,13+.